The van der Waals surface area contributed by atoms with E-state index >= 15 is 0 Å². The zero-order chi connectivity index (χ0) is 9.07. The summed E-state index contributed by atoms with van der Waals surface area (Å²) >= 11 is 0. The average molecular weight is 175 g/mol. The summed E-state index contributed by atoms with van der Waals surface area (Å²) < 4.78 is 60.4. The van der Waals surface area contributed by atoms with Crippen molar-refractivity contribution < 1.29 is 26.7 Å². The summed E-state index contributed by atoms with van der Waals surface area (Å²) in [6, 6.07) is 0. The Morgan fingerprint density at radius 1 is 1.45 bits per heavy atom. The molecule has 0 aliphatic heterocycles. The molecule has 0 spiro atoms. The van der Waals surface area contributed by atoms with Gasteiger partial charge in [-0.1, -0.05) is 6.58 Å². The Hall–Kier alpha value is -0.650. The van der Waals surface area contributed by atoms with Crippen LogP contribution >= 0.6 is 0 Å². The molecule has 0 saturated carbocycles. The molecule has 11 heavy (non-hydrogen) atoms. The molecule has 0 heterocycles. The Kier molecular flexibility index (Phi) is 3.44. The first-order valence-electron chi connectivity index (χ1n) is 2.41. The van der Waals surface area contributed by atoms with Crippen LogP contribution in [0.25, 0.3) is 0 Å². The molecule has 0 fully saturated rings. The van der Waals surface area contributed by atoms with Crippen LogP contribution in [-0.4, -0.2) is 12.5 Å². The van der Waals surface area contributed by atoms with Gasteiger partial charge in [-0.2, -0.15) is 17.6 Å². The minimum absolute atomic E-state index is 0.330. The minimum atomic E-state index is -4.84. The fourth-order valence-electron chi connectivity index (χ4n) is 0.234. The van der Waals surface area contributed by atoms with Gasteiger partial charge in [0.25, 0.3) is 0 Å². The fourth-order valence-corrected chi connectivity index (χ4v) is 0.234. The van der Waals surface area contributed by atoms with Crippen molar-refractivity contribution in [3.63, 3.8) is 0 Å². The molecule has 0 saturated heterocycles. The first-order valence-corrected chi connectivity index (χ1v) is 2.41. The van der Waals surface area contributed by atoms with E-state index in [1.165, 1.54) is 0 Å². The van der Waals surface area contributed by atoms with Crippen LogP contribution in [0.1, 0.15) is 0 Å². The van der Waals surface area contributed by atoms with Gasteiger partial charge in [-0.3, -0.25) is 4.74 Å². The second-order valence-corrected chi connectivity index (χ2v) is 1.48. The molecule has 0 bridgehead atoms. The molecule has 1 radical (unpaired) electrons. The minimum Gasteiger partial charge on any atom is -0.277 e. The monoisotopic (exact) mass is 175 g/mol. The lowest BCUT2D eigenvalue weighted by Crippen LogP contribution is -2.27. The van der Waals surface area contributed by atoms with Crippen molar-refractivity contribution in [1.29, 1.82) is 0 Å². The van der Waals surface area contributed by atoms with E-state index in [1.807, 2.05) is 0 Å². The molecule has 1 unspecified atom stereocenters. The van der Waals surface area contributed by atoms with Gasteiger partial charge in [0.15, 0.2) is 0 Å². The molecule has 1 atom stereocenters. The van der Waals surface area contributed by atoms with Gasteiger partial charge in [0.2, 0.25) is 6.36 Å². The van der Waals surface area contributed by atoms with Crippen molar-refractivity contribution in [3.8, 4) is 0 Å². The largest absolute Gasteiger partial charge is 0.428 e. The summed E-state index contributed by atoms with van der Waals surface area (Å²) in [5.41, 5.74) is 0. The van der Waals surface area contributed by atoms with E-state index in [0.717, 1.165) is 0 Å². The maximum Gasteiger partial charge on any atom is 0.428 e. The molecule has 0 aromatic heterocycles. The maximum absolute atomic E-state index is 11.8. The summed E-state index contributed by atoms with van der Waals surface area (Å²) in [5.74, 6) is 0. The van der Waals surface area contributed by atoms with Crippen molar-refractivity contribution in [2.24, 2.45) is 0 Å². The Morgan fingerprint density at radius 2 is 1.91 bits per heavy atom. The first kappa shape index (κ1) is 10.3. The Labute approximate surface area is 59.5 Å². The Morgan fingerprint density at radius 3 is 2.18 bits per heavy atom. The van der Waals surface area contributed by atoms with Crippen LogP contribution in [0.15, 0.2) is 12.7 Å². The predicted molar refractivity (Wildman–Crippen MR) is 26.6 cm³/mol. The quantitative estimate of drug-likeness (QED) is 0.471. The number of alkyl halides is 3. The molecular formula is C5H4F5O. The van der Waals surface area contributed by atoms with Crippen LogP contribution in [0.4, 0.5) is 22.0 Å². The van der Waals surface area contributed by atoms with Crippen LogP contribution in [0, 0.1) is 6.43 Å². The highest BCUT2D eigenvalue weighted by molar-refractivity contribution is 4.78. The highest BCUT2D eigenvalue weighted by Gasteiger charge is 2.46. The number of ether oxygens (including phenoxy) is 1. The number of hydrogen-bond donors (Lipinski definition) is 0. The highest BCUT2D eigenvalue weighted by atomic mass is 19.3. The van der Waals surface area contributed by atoms with Gasteiger partial charge in [0.1, 0.15) is 0 Å². The predicted octanol–water partition coefficient (Wildman–Crippen LogP) is 2.51. The van der Waals surface area contributed by atoms with Gasteiger partial charge in [0.05, 0.1) is 0 Å². The molecule has 0 aromatic carbocycles. The number of halogens is 5. The van der Waals surface area contributed by atoms with Gasteiger partial charge in [-0.25, -0.2) is 4.39 Å². The Balaban J connectivity index is 4.00. The van der Waals surface area contributed by atoms with E-state index in [-0.39, 0.29) is 0 Å². The van der Waals surface area contributed by atoms with Crippen molar-refractivity contribution in [1.82, 2.24) is 0 Å². The van der Waals surface area contributed by atoms with E-state index in [2.05, 4.69) is 11.3 Å². The number of hydrogen-bond acceptors (Lipinski definition) is 1. The molecular weight excluding hydrogens is 171 g/mol. The zero-order valence-corrected chi connectivity index (χ0v) is 5.16. The third-order valence-electron chi connectivity index (χ3n) is 0.666. The summed E-state index contributed by atoms with van der Waals surface area (Å²) in [5, 5.41) is 0. The normalized spacial score (nSPS) is 15.1. The van der Waals surface area contributed by atoms with E-state index in [1.54, 1.807) is 0 Å². The highest BCUT2D eigenvalue weighted by Crippen LogP contribution is 2.31. The van der Waals surface area contributed by atoms with Gasteiger partial charge < -0.3 is 0 Å². The first-order chi connectivity index (χ1) is 4.90. The zero-order valence-electron chi connectivity index (χ0n) is 5.16. The summed E-state index contributed by atoms with van der Waals surface area (Å²) in [7, 11) is 0. The smallest absolute Gasteiger partial charge is 0.277 e. The van der Waals surface area contributed by atoms with Crippen molar-refractivity contribution >= 4 is 0 Å². The SMILES string of the molecule is C=CC(F)OC(F)(F)[C](F)F. The Bertz CT molecular complexity index is 135. The van der Waals surface area contributed by atoms with E-state index in [4.69, 9.17) is 0 Å². The third kappa shape index (κ3) is 3.31. The fraction of sp³-hybridized carbons (Fsp3) is 0.400. The van der Waals surface area contributed by atoms with Crippen LogP contribution in [-0.2, 0) is 4.74 Å². The lowest BCUT2D eigenvalue weighted by atomic mass is 10.6. The molecule has 0 aliphatic rings. The molecule has 0 aromatic rings. The van der Waals surface area contributed by atoms with Crippen LogP contribution in [0.3, 0.4) is 0 Å². The van der Waals surface area contributed by atoms with E-state index in [0.29, 0.717) is 6.08 Å². The summed E-state index contributed by atoms with van der Waals surface area (Å²) in [4.78, 5) is 0. The third-order valence-corrected chi connectivity index (χ3v) is 0.666. The molecule has 65 valence electrons. The number of rotatable bonds is 4. The molecule has 0 aliphatic carbocycles. The van der Waals surface area contributed by atoms with Gasteiger partial charge in [0, 0.05) is 0 Å². The second-order valence-electron chi connectivity index (χ2n) is 1.48. The van der Waals surface area contributed by atoms with E-state index < -0.39 is 18.9 Å². The summed E-state index contributed by atoms with van der Waals surface area (Å²) in [6.45, 7) is 2.72. The van der Waals surface area contributed by atoms with Gasteiger partial charge >= 0.3 is 12.5 Å². The second kappa shape index (κ2) is 3.66. The lowest BCUT2D eigenvalue weighted by molar-refractivity contribution is -0.293. The van der Waals surface area contributed by atoms with Crippen molar-refractivity contribution in [3.05, 3.63) is 19.1 Å². The molecule has 1 nitrogen and oxygen atoms in total. The topological polar surface area (TPSA) is 9.23 Å². The molecule has 6 heteroatoms. The maximum atomic E-state index is 11.8. The molecule has 0 amide bonds. The average Bonchev–Trinajstić information content (AvgIpc) is 1.86. The lowest BCUT2D eigenvalue weighted by Gasteiger charge is -2.14. The van der Waals surface area contributed by atoms with Crippen LogP contribution in [0.2, 0.25) is 0 Å². The van der Waals surface area contributed by atoms with Crippen LogP contribution in [0.5, 0.6) is 0 Å². The van der Waals surface area contributed by atoms with Crippen molar-refractivity contribution in [2.75, 3.05) is 0 Å². The van der Waals surface area contributed by atoms with Crippen molar-refractivity contribution in [2.45, 2.75) is 12.5 Å². The van der Waals surface area contributed by atoms with Crippen LogP contribution < -0.4 is 0 Å². The van der Waals surface area contributed by atoms with E-state index in [9.17, 15) is 22.0 Å². The van der Waals surface area contributed by atoms with Gasteiger partial charge in [-0.15, -0.1) is 0 Å². The van der Waals surface area contributed by atoms with Gasteiger partial charge in [-0.05, 0) is 6.08 Å². The molecule has 0 rings (SSSR count). The standard InChI is InChI=1S/C5H4F5O/c1-2-3(6)11-5(9,10)4(7)8/h2-3H,1H2. The molecule has 0 N–H and O–H groups in total. The summed E-state index contributed by atoms with van der Waals surface area (Å²) in [6.07, 6.45) is -10.4.